The van der Waals surface area contributed by atoms with Gasteiger partial charge in [0.2, 0.25) is 0 Å². The molecule has 1 aliphatic rings. The van der Waals surface area contributed by atoms with Gasteiger partial charge in [0.15, 0.2) is 0 Å². The van der Waals surface area contributed by atoms with Crippen LogP contribution in [0.3, 0.4) is 0 Å². The summed E-state index contributed by atoms with van der Waals surface area (Å²) in [5.41, 5.74) is 5.66. The Balaban J connectivity index is 2.27. The first-order valence-corrected chi connectivity index (χ1v) is 5.75. The second-order valence-corrected chi connectivity index (χ2v) is 5.60. The van der Waals surface area contributed by atoms with Crippen LogP contribution in [-0.4, -0.2) is 16.7 Å². The minimum atomic E-state index is -0.702. The fourth-order valence-corrected chi connectivity index (χ4v) is 2.49. The smallest absolute Gasteiger partial charge is 0.405 e. The number of primary amides is 1. The van der Waals surface area contributed by atoms with E-state index in [1.54, 1.807) is 6.20 Å². The van der Waals surface area contributed by atoms with Gasteiger partial charge in [0.05, 0.1) is 0 Å². The Morgan fingerprint density at radius 1 is 1.59 bits per heavy atom. The van der Waals surface area contributed by atoms with Crippen LogP contribution in [-0.2, 0) is 4.74 Å². The maximum atomic E-state index is 11.1. The number of hydrogen-bond acceptors (Lipinski definition) is 3. The number of nitrogens with zero attached hydrogens (tertiary/aromatic N) is 1. The van der Waals surface area contributed by atoms with Crippen LogP contribution < -0.4 is 5.73 Å². The number of amides is 1. The lowest BCUT2D eigenvalue weighted by molar-refractivity contribution is 0.0111. The Bertz CT molecular complexity index is 425. The molecule has 2 unspecified atom stereocenters. The second-order valence-electron chi connectivity index (χ2n) is 5.60. The molecule has 0 spiro atoms. The molecule has 4 heteroatoms. The molecule has 1 amide bonds. The Hall–Kier alpha value is -1.58. The van der Waals surface area contributed by atoms with Gasteiger partial charge < -0.3 is 10.5 Å². The van der Waals surface area contributed by atoms with Crippen molar-refractivity contribution in [1.29, 1.82) is 0 Å². The number of carbonyl (C=O) groups excluding carboxylic acids is 1. The second kappa shape index (κ2) is 3.72. The zero-order valence-electron chi connectivity index (χ0n) is 10.4. The van der Waals surface area contributed by atoms with Crippen LogP contribution in [0.4, 0.5) is 4.79 Å². The molecule has 2 N–H and O–H groups in total. The van der Waals surface area contributed by atoms with Gasteiger partial charge >= 0.3 is 6.09 Å². The van der Waals surface area contributed by atoms with Crippen molar-refractivity contribution >= 4 is 6.09 Å². The molecule has 2 atom stereocenters. The Labute approximate surface area is 101 Å². The number of ether oxygens (including phenoxy) is 1. The third-order valence-corrected chi connectivity index (χ3v) is 3.55. The van der Waals surface area contributed by atoms with Crippen molar-refractivity contribution < 1.29 is 9.53 Å². The SMILES string of the molecule is CC(C)(C)C1(OC(N)=O)CC1c1cccnc1. The lowest BCUT2D eigenvalue weighted by Gasteiger charge is -2.31. The van der Waals surface area contributed by atoms with Crippen molar-refractivity contribution in [3.63, 3.8) is 0 Å². The fourth-order valence-electron chi connectivity index (χ4n) is 2.49. The standard InChI is InChI=1S/C13H18N2O2/c1-12(2,3)13(17-11(14)16)7-10(13)9-5-4-6-15-8-9/h4-6,8,10H,7H2,1-3H3,(H2,14,16). The summed E-state index contributed by atoms with van der Waals surface area (Å²) < 4.78 is 5.39. The van der Waals surface area contributed by atoms with E-state index in [1.807, 2.05) is 18.3 Å². The lowest BCUT2D eigenvalue weighted by Crippen LogP contribution is -2.37. The first-order valence-electron chi connectivity index (χ1n) is 5.75. The Kier molecular flexibility index (Phi) is 2.60. The molecule has 0 bridgehead atoms. The van der Waals surface area contributed by atoms with Gasteiger partial charge in [-0.3, -0.25) is 4.98 Å². The van der Waals surface area contributed by atoms with Crippen molar-refractivity contribution in [3.8, 4) is 0 Å². The molecule has 1 fully saturated rings. The molecule has 0 saturated heterocycles. The molecule has 1 saturated carbocycles. The number of pyridine rings is 1. The zero-order valence-corrected chi connectivity index (χ0v) is 10.4. The average Bonchev–Trinajstić information content (AvgIpc) is 2.93. The molecule has 2 rings (SSSR count). The summed E-state index contributed by atoms with van der Waals surface area (Å²) in [6, 6.07) is 3.90. The third kappa shape index (κ3) is 1.99. The molecule has 17 heavy (non-hydrogen) atoms. The van der Waals surface area contributed by atoms with Crippen molar-refractivity contribution in [2.24, 2.45) is 11.1 Å². The summed E-state index contributed by atoms with van der Waals surface area (Å²) in [6.07, 6.45) is 3.67. The van der Waals surface area contributed by atoms with E-state index in [2.05, 4.69) is 25.8 Å². The molecule has 0 aliphatic heterocycles. The van der Waals surface area contributed by atoms with E-state index in [9.17, 15) is 4.79 Å². The van der Waals surface area contributed by atoms with Crippen molar-refractivity contribution in [2.45, 2.75) is 38.7 Å². The molecule has 0 aromatic carbocycles. The summed E-state index contributed by atoms with van der Waals surface area (Å²) >= 11 is 0. The summed E-state index contributed by atoms with van der Waals surface area (Å²) in [4.78, 5) is 15.2. The van der Waals surface area contributed by atoms with Crippen LogP contribution in [0.5, 0.6) is 0 Å². The van der Waals surface area contributed by atoms with E-state index in [0.29, 0.717) is 0 Å². The predicted molar refractivity (Wildman–Crippen MR) is 64.4 cm³/mol. The highest BCUT2D eigenvalue weighted by molar-refractivity contribution is 5.66. The maximum absolute atomic E-state index is 11.1. The van der Waals surface area contributed by atoms with Crippen LogP contribution >= 0.6 is 0 Å². The largest absolute Gasteiger partial charge is 0.442 e. The molecule has 1 aliphatic carbocycles. The van der Waals surface area contributed by atoms with E-state index in [-0.39, 0.29) is 11.3 Å². The van der Waals surface area contributed by atoms with Crippen LogP contribution in [0.15, 0.2) is 24.5 Å². The first-order chi connectivity index (χ1) is 7.87. The summed E-state index contributed by atoms with van der Waals surface area (Å²) in [7, 11) is 0. The van der Waals surface area contributed by atoms with Crippen LogP contribution in [0.25, 0.3) is 0 Å². The van der Waals surface area contributed by atoms with E-state index >= 15 is 0 Å². The topological polar surface area (TPSA) is 65.2 Å². The monoisotopic (exact) mass is 234 g/mol. The van der Waals surface area contributed by atoms with Gasteiger partial charge in [-0.15, -0.1) is 0 Å². The van der Waals surface area contributed by atoms with Crippen LogP contribution in [0.1, 0.15) is 38.7 Å². The Morgan fingerprint density at radius 2 is 2.29 bits per heavy atom. The highest BCUT2D eigenvalue weighted by Crippen LogP contribution is 2.62. The number of rotatable bonds is 2. The summed E-state index contributed by atoms with van der Waals surface area (Å²) in [6.45, 7) is 6.19. The summed E-state index contributed by atoms with van der Waals surface area (Å²) in [5, 5.41) is 0. The first kappa shape index (κ1) is 11.9. The fraction of sp³-hybridized carbons (Fsp3) is 0.538. The highest BCUT2D eigenvalue weighted by atomic mass is 16.6. The van der Waals surface area contributed by atoms with Gasteiger partial charge in [-0.2, -0.15) is 0 Å². The molecule has 0 radical (unpaired) electrons. The minimum absolute atomic E-state index is 0.136. The minimum Gasteiger partial charge on any atom is -0.442 e. The molecular formula is C13H18N2O2. The van der Waals surface area contributed by atoms with Crippen molar-refractivity contribution in [3.05, 3.63) is 30.1 Å². The third-order valence-electron chi connectivity index (χ3n) is 3.55. The predicted octanol–water partition coefficient (Wildman–Crippen LogP) is 2.45. The quantitative estimate of drug-likeness (QED) is 0.854. The molecule has 1 aromatic heterocycles. The van der Waals surface area contributed by atoms with Crippen molar-refractivity contribution in [1.82, 2.24) is 4.98 Å². The summed E-state index contributed by atoms with van der Waals surface area (Å²) in [5.74, 6) is 0.198. The lowest BCUT2D eigenvalue weighted by atomic mass is 9.84. The van der Waals surface area contributed by atoms with Crippen LogP contribution in [0.2, 0.25) is 0 Å². The number of aromatic nitrogens is 1. The molecule has 1 aromatic rings. The van der Waals surface area contributed by atoms with E-state index in [0.717, 1.165) is 12.0 Å². The maximum Gasteiger partial charge on any atom is 0.405 e. The zero-order chi connectivity index (χ0) is 12.7. The number of hydrogen-bond donors (Lipinski definition) is 1. The molecular weight excluding hydrogens is 216 g/mol. The van der Waals surface area contributed by atoms with Crippen LogP contribution in [0, 0.1) is 5.41 Å². The van der Waals surface area contributed by atoms with E-state index < -0.39 is 11.7 Å². The van der Waals surface area contributed by atoms with Gasteiger partial charge in [-0.05, 0) is 18.1 Å². The van der Waals surface area contributed by atoms with Gasteiger partial charge in [0.25, 0.3) is 0 Å². The van der Waals surface area contributed by atoms with Crippen molar-refractivity contribution in [2.75, 3.05) is 0 Å². The number of nitrogens with two attached hydrogens (primary N) is 1. The van der Waals surface area contributed by atoms with Gasteiger partial charge in [0.1, 0.15) is 5.60 Å². The van der Waals surface area contributed by atoms with E-state index in [1.165, 1.54) is 0 Å². The van der Waals surface area contributed by atoms with Gasteiger partial charge in [0, 0.05) is 23.7 Å². The van der Waals surface area contributed by atoms with Gasteiger partial charge in [-0.1, -0.05) is 26.8 Å². The molecule has 4 nitrogen and oxygen atoms in total. The average molecular weight is 234 g/mol. The highest BCUT2D eigenvalue weighted by Gasteiger charge is 2.65. The molecule has 1 heterocycles. The number of carbonyl (C=O) groups is 1. The van der Waals surface area contributed by atoms with E-state index in [4.69, 9.17) is 10.5 Å². The normalized spacial score (nSPS) is 27.6. The van der Waals surface area contributed by atoms with Gasteiger partial charge in [-0.25, -0.2) is 4.79 Å². The molecule has 92 valence electrons. The Morgan fingerprint density at radius 3 is 2.76 bits per heavy atom.